The summed E-state index contributed by atoms with van der Waals surface area (Å²) in [5, 5.41) is 0. The summed E-state index contributed by atoms with van der Waals surface area (Å²) >= 11 is 0. The number of phosphoric ester groups is 1. The van der Waals surface area contributed by atoms with Crippen LogP contribution < -0.4 is 5.73 Å². The minimum atomic E-state index is -4.32. The normalized spacial score (nSPS) is 13.4. The molecule has 0 aromatic rings. The van der Waals surface area contributed by atoms with Crippen molar-refractivity contribution in [3.63, 3.8) is 0 Å². The van der Waals surface area contributed by atoms with E-state index in [1.807, 2.05) is 0 Å². The van der Waals surface area contributed by atoms with Crippen molar-refractivity contribution in [3.8, 4) is 0 Å². The van der Waals surface area contributed by atoms with Crippen molar-refractivity contribution in [3.05, 3.63) is 6.92 Å². The molecule has 4 N–H and O–H groups in total. The fraction of sp³-hybridized carbons (Fsp3) is 0.919. The van der Waals surface area contributed by atoms with Gasteiger partial charge < -0.3 is 27.0 Å². The van der Waals surface area contributed by atoms with Crippen LogP contribution in [0.2, 0.25) is 0 Å². The lowest BCUT2D eigenvalue weighted by Gasteiger charge is -2.19. The monoisotopic (exact) mass is 692 g/mol. The zero-order valence-electron chi connectivity index (χ0n) is 30.4. The first-order chi connectivity index (χ1) is 22.8. The van der Waals surface area contributed by atoms with E-state index >= 15 is 0 Å². The summed E-state index contributed by atoms with van der Waals surface area (Å²) in [5.41, 5.74) is 3.57. The molecule has 280 valence electrons. The third-order valence-electron chi connectivity index (χ3n) is 8.42. The predicted molar refractivity (Wildman–Crippen MR) is 191 cm³/mol. The van der Waals surface area contributed by atoms with Gasteiger partial charge in [0.1, 0.15) is 13.2 Å². The number of carbonyl (C=O) groups is 2. The molecule has 0 aliphatic rings. The van der Waals surface area contributed by atoms with Gasteiger partial charge in [0, 0.05) is 12.8 Å². The number of carbonyl (C=O) groups excluding carboxylic acids is 2. The van der Waals surface area contributed by atoms with Crippen molar-refractivity contribution in [2.24, 2.45) is 0 Å². The van der Waals surface area contributed by atoms with Gasteiger partial charge in [-0.1, -0.05) is 155 Å². The van der Waals surface area contributed by atoms with Gasteiger partial charge in [-0.2, -0.15) is 6.42 Å². The van der Waals surface area contributed by atoms with E-state index in [-0.39, 0.29) is 25.6 Å². The van der Waals surface area contributed by atoms with Crippen molar-refractivity contribution in [2.45, 2.75) is 193 Å². The van der Waals surface area contributed by atoms with Gasteiger partial charge in [0.25, 0.3) is 0 Å². The van der Waals surface area contributed by atoms with E-state index in [1.165, 1.54) is 122 Å². The number of esters is 2. The lowest BCUT2D eigenvalue weighted by atomic mass is 10.0. The molecule has 0 rings (SSSR count). The van der Waals surface area contributed by atoms with E-state index in [9.17, 15) is 19.0 Å². The molecule has 0 aromatic heterocycles. The highest BCUT2D eigenvalue weighted by Gasteiger charge is 2.26. The Bertz CT molecular complexity index is 754. The molecule has 0 saturated carbocycles. The number of ether oxygens (including phenoxy) is 2. The topological polar surface area (TPSA) is 136 Å². The molecular formula is C37H74NO8P. The first kappa shape index (κ1) is 46.0. The fourth-order valence-corrected chi connectivity index (χ4v) is 6.30. The van der Waals surface area contributed by atoms with Gasteiger partial charge in [0.2, 0.25) is 0 Å². The maximum absolute atomic E-state index is 12.5. The molecule has 0 aliphatic heterocycles. The number of hydrogen-bond acceptors (Lipinski definition) is 7. The summed E-state index contributed by atoms with van der Waals surface area (Å²) < 4.78 is 32.8. The van der Waals surface area contributed by atoms with E-state index in [0.29, 0.717) is 19.4 Å². The Labute approximate surface area is 288 Å². The van der Waals surface area contributed by atoms with Gasteiger partial charge in [0.15, 0.2) is 6.10 Å². The van der Waals surface area contributed by atoms with Crippen molar-refractivity contribution < 1.29 is 43.3 Å². The average molecular weight is 692 g/mol. The van der Waals surface area contributed by atoms with Gasteiger partial charge >= 0.3 is 19.8 Å². The number of hydrogen-bond donors (Lipinski definition) is 2. The van der Waals surface area contributed by atoms with E-state index in [4.69, 9.17) is 18.5 Å². The summed E-state index contributed by atoms with van der Waals surface area (Å²) in [7, 11) is -4.32. The lowest BCUT2D eigenvalue weighted by Crippen LogP contribution is -2.52. The van der Waals surface area contributed by atoms with Crippen LogP contribution in [0.15, 0.2) is 0 Å². The molecule has 2 atom stereocenters. The Balaban J connectivity index is 4.18. The zero-order valence-corrected chi connectivity index (χ0v) is 31.3. The second-order valence-electron chi connectivity index (χ2n) is 13.1. The SMILES string of the molecule is [CH2-]CCCCCCCCCCCCCCC(=O)OC[C@H](COP(=O)(O)OCC[NH3+])OC(=O)CCCCCCCCCCCCCCC. The predicted octanol–water partition coefficient (Wildman–Crippen LogP) is 9.59. The van der Waals surface area contributed by atoms with Crippen LogP contribution in [0.5, 0.6) is 0 Å². The van der Waals surface area contributed by atoms with Gasteiger partial charge in [-0.3, -0.25) is 18.6 Å². The summed E-state index contributed by atoms with van der Waals surface area (Å²) in [5.74, 6) is -0.805. The Morgan fingerprint density at radius 1 is 0.617 bits per heavy atom. The van der Waals surface area contributed by atoms with Crippen molar-refractivity contribution in [2.75, 3.05) is 26.4 Å². The van der Waals surface area contributed by atoms with Crippen LogP contribution in [-0.2, 0) is 32.7 Å². The fourth-order valence-electron chi connectivity index (χ4n) is 5.51. The molecule has 1 unspecified atom stereocenters. The molecule has 0 radical (unpaired) electrons. The second-order valence-corrected chi connectivity index (χ2v) is 14.5. The van der Waals surface area contributed by atoms with E-state index in [0.717, 1.165) is 38.5 Å². The van der Waals surface area contributed by atoms with E-state index in [2.05, 4.69) is 19.6 Å². The molecular weight excluding hydrogens is 617 g/mol. The lowest BCUT2D eigenvalue weighted by molar-refractivity contribution is -0.371. The largest absolute Gasteiger partial charge is 0.472 e. The maximum Gasteiger partial charge on any atom is 0.472 e. The van der Waals surface area contributed by atoms with Crippen LogP contribution in [0, 0.1) is 6.92 Å². The quantitative estimate of drug-likeness (QED) is 0.0285. The van der Waals surface area contributed by atoms with Crippen molar-refractivity contribution in [1.29, 1.82) is 0 Å². The van der Waals surface area contributed by atoms with Crippen molar-refractivity contribution in [1.82, 2.24) is 0 Å². The molecule has 10 heteroatoms. The summed E-state index contributed by atoms with van der Waals surface area (Å²) in [6.07, 6.45) is 30.8. The molecule has 0 bridgehead atoms. The number of unbranched alkanes of at least 4 members (excludes halogenated alkanes) is 24. The average Bonchev–Trinajstić information content (AvgIpc) is 3.05. The summed E-state index contributed by atoms with van der Waals surface area (Å²) in [4.78, 5) is 34.7. The minimum Gasteiger partial charge on any atom is -0.462 e. The van der Waals surface area contributed by atoms with Crippen molar-refractivity contribution >= 4 is 19.8 Å². The Kier molecular flexibility index (Phi) is 34.1. The molecule has 0 aliphatic carbocycles. The van der Waals surface area contributed by atoms with Crippen LogP contribution in [0.25, 0.3) is 0 Å². The molecule has 0 saturated heterocycles. The number of rotatable bonds is 37. The molecule has 0 fully saturated rings. The minimum absolute atomic E-state index is 0.0381. The smallest absolute Gasteiger partial charge is 0.462 e. The van der Waals surface area contributed by atoms with Crippen LogP contribution >= 0.6 is 7.82 Å². The zero-order chi connectivity index (χ0) is 34.7. The highest BCUT2D eigenvalue weighted by Crippen LogP contribution is 2.43. The summed E-state index contributed by atoms with van der Waals surface area (Å²) in [6, 6.07) is 0. The van der Waals surface area contributed by atoms with Gasteiger partial charge in [-0.15, -0.1) is 0 Å². The Hall–Kier alpha value is -0.990. The van der Waals surface area contributed by atoms with Crippen LogP contribution in [0.3, 0.4) is 0 Å². The van der Waals surface area contributed by atoms with Crippen LogP contribution in [0.1, 0.15) is 187 Å². The van der Waals surface area contributed by atoms with Crippen LogP contribution in [0.4, 0.5) is 0 Å². The third-order valence-corrected chi connectivity index (χ3v) is 9.40. The standard InChI is InChI=1S/C37H73NO8P/c1-3-5-7-9-11-13-15-17-19-21-23-25-27-29-36(39)43-33-35(34-45-47(41,42)44-32-31-38)46-37(40)30-28-26-24-22-20-18-16-14-12-10-8-6-4-2/h35H,1,3-34,38H2,2H3,(H,41,42)/q-1/p+1/t35-/m1/s1. The van der Waals surface area contributed by atoms with E-state index in [1.54, 1.807) is 0 Å². The molecule has 0 heterocycles. The highest BCUT2D eigenvalue weighted by molar-refractivity contribution is 7.47. The maximum atomic E-state index is 12.5. The highest BCUT2D eigenvalue weighted by atomic mass is 31.2. The third kappa shape index (κ3) is 34.7. The first-order valence-electron chi connectivity index (χ1n) is 19.4. The van der Waals surface area contributed by atoms with Gasteiger partial charge in [-0.05, 0) is 12.8 Å². The van der Waals surface area contributed by atoms with Gasteiger partial charge in [0.05, 0.1) is 13.2 Å². The Morgan fingerprint density at radius 2 is 1.02 bits per heavy atom. The molecule has 0 amide bonds. The van der Waals surface area contributed by atoms with Crippen LogP contribution in [-0.4, -0.2) is 49.3 Å². The number of quaternary nitrogens is 1. The first-order valence-corrected chi connectivity index (χ1v) is 20.9. The molecule has 0 aromatic carbocycles. The van der Waals surface area contributed by atoms with E-state index < -0.39 is 26.5 Å². The van der Waals surface area contributed by atoms with Gasteiger partial charge in [-0.25, -0.2) is 4.57 Å². The molecule has 9 nitrogen and oxygen atoms in total. The molecule has 0 spiro atoms. The number of phosphoric acid groups is 1. The second kappa shape index (κ2) is 34.9. The molecule has 47 heavy (non-hydrogen) atoms. The summed E-state index contributed by atoms with van der Waals surface area (Å²) in [6.45, 7) is 5.77. The Morgan fingerprint density at radius 3 is 1.45 bits per heavy atom.